The fraction of sp³-hybridized carbons (Fsp3) is 0.583. The molecule has 0 saturated heterocycles. The van der Waals surface area contributed by atoms with E-state index in [-0.39, 0.29) is 23.6 Å². The van der Waals surface area contributed by atoms with Crippen molar-refractivity contribution in [2.45, 2.75) is 32.3 Å². The molecule has 6 heteroatoms. The van der Waals surface area contributed by atoms with E-state index in [4.69, 9.17) is 10.5 Å². The van der Waals surface area contributed by atoms with Crippen LogP contribution in [-0.2, 0) is 0 Å². The number of hydrogen-bond donors (Lipinski definition) is 1. The van der Waals surface area contributed by atoms with Crippen molar-refractivity contribution in [3.63, 3.8) is 0 Å². The summed E-state index contributed by atoms with van der Waals surface area (Å²) in [6, 6.07) is 1.48. The van der Waals surface area contributed by atoms with E-state index < -0.39 is 4.92 Å². The molecule has 98 valence electrons. The second-order valence-corrected chi connectivity index (χ2v) is 4.68. The predicted octanol–water partition coefficient (Wildman–Crippen LogP) is 1.80. The quantitative estimate of drug-likeness (QED) is 0.650. The molecule has 6 nitrogen and oxygen atoms in total. The van der Waals surface area contributed by atoms with Gasteiger partial charge in [0.05, 0.1) is 4.92 Å². The molecule has 1 heterocycles. The minimum atomic E-state index is -0.457. The van der Waals surface area contributed by atoms with E-state index in [0.717, 1.165) is 24.8 Å². The molecule has 0 aromatic carbocycles. The lowest BCUT2D eigenvalue weighted by atomic mass is 10.1. The molecule has 0 bridgehead atoms. The van der Waals surface area contributed by atoms with Crippen LogP contribution in [0.3, 0.4) is 0 Å². The maximum Gasteiger partial charge on any atom is 0.331 e. The molecule has 0 amide bonds. The minimum Gasteiger partial charge on any atom is -0.469 e. The summed E-state index contributed by atoms with van der Waals surface area (Å²) in [5, 5.41) is 11.0. The van der Waals surface area contributed by atoms with Crippen LogP contribution in [0, 0.1) is 23.0 Å². The second-order valence-electron chi connectivity index (χ2n) is 4.68. The molecular formula is C12H17N3O3. The molecule has 1 aromatic rings. The third-order valence-electron chi connectivity index (χ3n) is 3.32. The molecule has 0 aliphatic heterocycles. The first-order chi connectivity index (χ1) is 8.61. The van der Waals surface area contributed by atoms with Gasteiger partial charge in [-0.25, -0.2) is 4.98 Å². The van der Waals surface area contributed by atoms with Gasteiger partial charge in [-0.1, -0.05) is 0 Å². The van der Waals surface area contributed by atoms with Crippen LogP contribution in [0.25, 0.3) is 0 Å². The van der Waals surface area contributed by atoms with E-state index >= 15 is 0 Å². The summed E-state index contributed by atoms with van der Waals surface area (Å²) in [4.78, 5) is 14.5. The average Bonchev–Trinajstić information content (AvgIpc) is 2.78. The van der Waals surface area contributed by atoms with Gasteiger partial charge in [0.1, 0.15) is 6.10 Å². The number of aromatic nitrogens is 1. The Labute approximate surface area is 105 Å². The zero-order valence-corrected chi connectivity index (χ0v) is 10.3. The summed E-state index contributed by atoms with van der Waals surface area (Å²) in [6.45, 7) is 2.31. The molecule has 1 aromatic heterocycles. The van der Waals surface area contributed by atoms with E-state index in [2.05, 4.69) is 4.98 Å². The first-order valence-electron chi connectivity index (χ1n) is 6.09. The lowest BCUT2D eigenvalue weighted by molar-refractivity contribution is -0.386. The van der Waals surface area contributed by atoms with Crippen molar-refractivity contribution in [1.82, 2.24) is 4.98 Å². The molecule has 1 aliphatic carbocycles. The van der Waals surface area contributed by atoms with Crippen LogP contribution in [0.5, 0.6) is 5.88 Å². The number of nitro groups is 1. The van der Waals surface area contributed by atoms with Crippen LogP contribution in [-0.4, -0.2) is 22.6 Å². The molecule has 1 aliphatic rings. The summed E-state index contributed by atoms with van der Waals surface area (Å²) < 4.78 is 5.69. The van der Waals surface area contributed by atoms with Crippen LogP contribution < -0.4 is 10.5 Å². The Bertz CT molecular complexity index is 450. The topological polar surface area (TPSA) is 91.3 Å². The fourth-order valence-corrected chi connectivity index (χ4v) is 2.33. The van der Waals surface area contributed by atoms with Crippen LogP contribution in [0.1, 0.15) is 24.8 Å². The van der Waals surface area contributed by atoms with Gasteiger partial charge in [-0.05, 0) is 38.3 Å². The Morgan fingerprint density at radius 3 is 3.06 bits per heavy atom. The molecule has 0 radical (unpaired) electrons. The molecule has 1 fully saturated rings. The Kier molecular flexibility index (Phi) is 3.76. The van der Waals surface area contributed by atoms with Crippen LogP contribution in [0.15, 0.2) is 12.3 Å². The van der Waals surface area contributed by atoms with Gasteiger partial charge in [-0.2, -0.15) is 0 Å². The fourth-order valence-electron chi connectivity index (χ4n) is 2.33. The second kappa shape index (κ2) is 5.30. The van der Waals surface area contributed by atoms with Crippen molar-refractivity contribution in [3.8, 4) is 5.88 Å². The average molecular weight is 251 g/mol. The number of hydrogen-bond acceptors (Lipinski definition) is 5. The van der Waals surface area contributed by atoms with Crippen molar-refractivity contribution in [3.05, 3.63) is 27.9 Å². The lowest BCUT2D eigenvalue weighted by Gasteiger charge is -2.18. The van der Waals surface area contributed by atoms with Crippen LogP contribution in [0.4, 0.5) is 5.69 Å². The molecule has 0 spiro atoms. The van der Waals surface area contributed by atoms with Gasteiger partial charge in [-0.3, -0.25) is 10.1 Å². The molecular weight excluding hydrogens is 234 g/mol. The van der Waals surface area contributed by atoms with Crippen LogP contribution >= 0.6 is 0 Å². The summed E-state index contributed by atoms with van der Waals surface area (Å²) in [6.07, 6.45) is 4.47. The zero-order chi connectivity index (χ0) is 13.1. The van der Waals surface area contributed by atoms with E-state index in [1.54, 1.807) is 13.1 Å². The highest BCUT2D eigenvalue weighted by Gasteiger charge is 2.30. The first kappa shape index (κ1) is 12.8. The number of aryl methyl sites for hydroxylation is 1. The lowest BCUT2D eigenvalue weighted by Crippen LogP contribution is -2.28. The molecule has 2 N–H and O–H groups in total. The van der Waals surface area contributed by atoms with Gasteiger partial charge in [-0.15, -0.1) is 0 Å². The molecule has 1 saturated carbocycles. The van der Waals surface area contributed by atoms with Crippen molar-refractivity contribution in [1.29, 1.82) is 0 Å². The van der Waals surface area contributed by atoms with Crippen molar-refractivity contribution < 1.29 is 9.66 Å². The van der Waals surface area contributed by atoms with E-state index in [1.165, 1.54) is 6.07 Å². The third-order valence-corrected chi connectivity index (χ3v) is 3.32. The Morgan fingerprint density at radius 2 is 2.39 bits per heavy atom. The van der Waals surface area contributed by atoms with E-state index in [9.17, 15) is 10.1 Å². The predicted molar refractivity (Wildman–Crippen MR) is 66.4 cm³/mol. The highest BCUT2D eigenvalue weighted by molar-refractivity contribution is 5.42. The highest BCUT2D eigenvalue weighted by atomic mass is 16.6. The molecule has 2 rings (SSSR count). The summed E-state index contributed by atoms with van der Waals surface area (Å²) in [5.41, 5.74) is 6.34. The molecule has 2 atom stereocenters. The monoisotopic (exact) mass is 251 g/mol. The largest absolute Gasteiger partial charge is 0.469 e. The number of nitrogens with zero attached hydrogens (tertiary/aromatic N) is 2. The third kappa shape index (κ3) is 2.59. The van der Waals surface area contributed by atoms with Gasteiger partial charge in [0.2, 0.25) is 0 Å². The maximum atomic E-state index is 11.0. The zero-order valence-electron chi connectivity index (χ0n) is 10.3. The van der Waals surface area contributed by atoms with Gasteiger partial charge in [0.25, 0.3) is 5.88 Å². The number of ether oxygens (including phenoxy) is 1. The number of rotatable bonds is 4. The number of nitrogens with two attached hydrogens (primary N) is 1. The summed E-state index contributed by atoms with van der Waals surface area (Å²) in [7, 11) is 0. The Balaban J connectivity index is 2.20. The maximum absolute atomic E-state index is 11.0. The van der Waals surface area contributed by atoms with Gasteiger partial charge < -0.3 is 10.5 Å². The highest BCUT2D eigenvalue weighted by Crippen LogP contribution is 2.32. The van der Waals surface area contributed by atoms with E-state index in [1.807, 2.05) is 0 Å². The van der Waals surface area contributed by atoms with Gasteiger partial charge >= 0.3 is 5.69 Å². The standard InChI is InChI=1S/C12H17N3O3/c1-8-5-10(15(16)17)12(14-7-8)18-11-4-2-3-9(11)6-13/h5,7,9,11H,2-4,6,13H2,1H3. The first-order valence-corrected chi connectivity index (χ1v) is 6.09. The summed E-state index contributed by atoms with van der Waals surface area (Å²) in [5.74, 6) is 0.378. The Morgan fingerprint density at radius 1 is 1.61 bits per heavy atom. The smallest absolute Gasteiger partial charge is 0.331 e. The van der Waals surface area contributed by atoms with Crippen molar-refractivity contribution >= 4 is 5.69 Å². The summed E-state index contributed by atoms with van der Waals surface area (Å²) >= 11 is 0. The Hall–Kier alpha value is -1.69. The van der Waals surface area contributed by atoms with Crippen molar-refractivity contribution in [2.75, 3.05) is 6.54 Å². The van der Waals surface area contributed by atoms with Crippen LogP contribution in [0.2, 0.25) is 0 Å². The minimum absolute atomic E-state index is 0.0519. The van der Waals surface area contributed by atoms with E-state index in [0.29, 0.717) is 6.54 Å². The number of pyridine rings is 1. The van der Waals surface area contributed by atoms with Gasteiger partial charge in [0.15, 0.2) is 0 Å². The molecule has 18 heavy (non-hydrogen) atoms. The van der Waals surface area contributed by atoms with Crippen molar-refractivity contribution in [2.24, 2.45) is 11.7 Å². The van der Waals surface area contributed by atoms with Gasteiger partial charge in [0, 0.05) is 18.2 Å². The normalized spacial score (nSPS) is 23.0. The molecule has 2 unspecified atom stereocenters. The SMILES string of the molecule is Cc1cnc(OC2CCCC2CN)c([N+](=O)[O-])c1.